The van der Waals surface area contributed by atoms with Crippen LogP contribution in [0.15, 0.2) is 22.7 Å². The number of nitrogens with zero attached hydrogens (tertiary/aromatic N) is 1. The topological polar surface area (TPSA) is 55.8 Å². The van der Waals surface area contributed by atoms with E-state index in [2.05, 4.69) is 15.9 Å². The van der Waals surface area contributed by atoms with Crippen molar-refractivity contribution in [2.24, 2.45) is 0 Å². The molecule has 0 saturated heterocycles. The molecule has 0 aromatic heterocycles. The first-order valence-corrected chi connectivity index (χ1v) is 7.17. The lowest BCUT2D eigenvalue weighted by Gasteiger charge is -2.17. The molecular formula is C14H16BrNO4. The highest BCUT2D eigenvalue weighted by molar-refractivity contribution is 9.10. The summed E-state index contributed by atoms with van der Waals surface area (Å²) in [7, 11) is 1.62. The monoisotopic (exact) mass is 341 g/mol. The van der Waals surface area contributed by atoms with E-state index in [-0.39, 0.29) is 0 Å². The van der Waals surface area contributed by atoms with Crippen LogP contribution in [0.5, 0.6) is 0 Å². The predicted octanol–water partition coefficient (Wildman–Crippen LogP) is 2.03. The molecule has 0 fully saturated rings. The number of hydrogen-bond acceptors (Lipinski definition) is 4. The lowest BCUT2D eigenvalue weighted by Crippen LogP contribution is -2.31. The lowest BCUT2D eigenvalue weighted by molar-refractivity contribution is -0.114. The molecule has 0 aliphatic carbocycles. The minimum Gasteiger partial charge on any atom is -0.382 e. The molecule has 20 heavy (non-hydrogen) atoms. The molecule has 108 valence electrons. The molecule has 0 bridgehead atoms. The largest absolute Gasteiger partial charge is 0.382 e. The van der Waals surface area contributed by atoms with E-state index in [0.717, 1.165) is 4.47 Å². The minimum atomic E-state index is -0.469. The molecule has 2 rings (SSSR count). The second-order valence-corrected chi connectivity index (χ2v) is 5.23. The van der Waals surface area contributed by atoms with Crippen molar-refractivity contribution in [1.82, 2.24) is 0 Å². The van der Waals surface area contributed by atoms with Crippen LogP contribution in [0.25, 0.3) is 0 Å². The summed E-state index contributed by atoms with van der Waals surface area (Å²) < 4.78 is 11.0. The van der Waals surface area contributed by atoms with Crippen LogP contribution in [0.3, 0.4) is 0 Å². The summed E-state index contributed by atoms with van der Waals surface area (Å²) in [6.07, 6.45) is 0.670. The van der Waals surface area contributed by atoms with Gasteiger partial charge in [-0.25, -0.2) is 0 Å². The predicted molar refractivity (Wildman–Crippen MR) is 78.1 cm³/mol. The summed E-state index contributed by atoms with van der Waals surface area (Å²) in [6.45, 7) is 2.08. The Balaban J connectivity index is 1.96. The van der Waals surface area contributed by atoms with Gasteiger partial charge in [-0.05, 0) is 34.5 Å². The highest BCUT2D eigenvalue weighted by Crippen LogP contribution is 2.35. The van der Waals surface area contributed by atoms with Gasteiger partial charge in [0, 0.05) is 24.7 Å². The van der Waals surface area contributed by atoms with E-state index in [4.69, 9.17) is 9.47 Å². The van der Waals surface area contributed by atoms with Gasteiger partial charge in [-0.15, -0.1) is 0 Å². The van der Waals surface area contributed by atoms with Crippen LogP contribution in [-0.2, 0) is 14.3 Å². The number of rotatable bonds is 7. The molecule has 1 aromatic rings. The third-order valence-electron chi connectivity index (χ3n) is 3.04. The van der Waals surface area contributed by atoms with Crippen LogP contribution in [0, 0.1) is 0 Å². The number of para-hydroxylation sites is 1. The first-order valence-electron chi connectivity index (χ1n) is 6.38. The molecule has 0 saturated carbocycles. The van der Waals surface area contributed by atoms with Gasteiger partial charge in [0.15, 0.2) is 0 Å². The van der Waals surface area contributed by atoms with Crippen molar-refractivity contribution in [3.63, 3.8) is 0 Å². The highest BCUT2D eigenvalue weighted by Gasteiger charge is 2.36. The van der Waals surface area contributed by atoms with Crippen LogP contribution < -0.4 is 4.90 Å². The normalized spacial score (nSPS) is 14.0. The summed E-state index contributed by atoms with van der Waals surface area (Å²) >= 11 is 3.39. The summed E-state index contributed by atoms with van der Waals surface area (Å²) in [4.78, 5) is 25.4. The number of Topliss-reactive ketones (excluding diaryl/α,β-unsaturated/α-hetero) is 1. The fourth-order valence-corrected chi connectivity index (χ4v) is 2.67. The van der Waals surface area contributed by atoms with E-state index in [1.165, 1.54) is 4.90 Å². The van der Waals surface area contributed by atoms with Gasteiger partial charge in [-0.2, -0.15) is 0 Å². The van der Waals surface area contributed by atoms with Gasteiger partial charge in [0.25, 0.3) is 11.7 Å². The summed E-state index contributed by atoms with van der Waals surface area (Å²) in [5, 5.41) is 0. The van der Waals surface area contributed by atoms with E-state index in [1.54, 1.807) is 19.2 Å². The van der Waals surface area contributed by atoms with Gasteiger partial charge in [0.2, 0.25) is 0 Å². The molecule has 1 aliphatic heterocycles. The number of fused-ring (bicyclic) bond motifs is 1. The molecule has 1 heterocycles. The SMILES string of the molecule is COCCOCCCN1C(=O)C(=O)c2cccc(Br)c21. The number of hydrogen-bond donors (Lipinski definition) is 0. The molecular weight excluding hydrogens is 326 g/mol. The molecule has 1 aliphatic rings. The van der Waals surface area contributed by atoms with E-state index < -0.39 is 11.7 Å². The zero-order valence-corrected chi connectivity index (χ0v) is 12.8. The van der Waals surface area contributed by atoms with E-state index in [9.17, 15) is 9.59 Å². The Bertz CT molecular complexity index is 518. The Morgan fingerprint density at radius 1 is 1.20 bits per heavy atom. The Labute approximate surface area is 126 Å². The maximum atomic E-state index is 12.0. The second kappa shape index (κ2) is 6.97. The van der Waals surface area contributed by atoms with Crippen LogP contribution in [0.2, 0.25) is 0 Å². The molecule has 0 radical (unpaired) electrons. The third-order valence-corrected chi connectivity index (χ3v) is 3.68. The van der Waals surface area contributed by atoms with Crippen molar-refractivity contribution in [3.8, 4) is 0 Å². The van der Waals surface area contributed by atoms with Crippen molar-refractivity contribution in [3.05, 3.63) is 28.2 Å². The molecule has 1 amide bonds. The van der Waals surface area contributed by atoms with Gasteiger partial charge < -0.3 is 14.4 Å². The quantitative estimate of drug-likeness (QED) is 0.562. The summed E-state index contributed by atoms with van der Waals surface area (Å²) in [6, 6.07) is 5.26. The highest BCUT2D eigenvalue weighted by atomic mass is 79.9. The number of ketones is 1. The number of amides is 1. The summed E-state index contributed by atoms with van der Waals surface area (Å²) in [5.74, 6) is -0.912. The summed E-state index contributed by atoms with van der Waals surface area (Å²) in [5.41, 5.74) is 1.13. The number of methoxy groups -OCH3 is 1. The maximum absolute atomic E-state index is 12.0. The molecule has 5 nitrogen and oxygen atoms in total. The number of anilines is 1. The van der Waals surface area contributed by atoms with Gasteiger partial charge in [-0.3, -0.25) is 9.59 Å². The minimum absolute atomic E-state index is 0.443. The zero-order chi connectivity index (χ0) is 14.5. The first kappa shape index (κ1) is 15.2. The average molecular weight is 342 g/mol. The second-order valence-electron chi connectivity index (χ2n) is 4.38. The fourth-order valence-electron chi connectivity index (χ4n) is 2.09. The lowest BCUT2D eigenvalue weighted by atomic mass is 10.1. The van der Waals surface area contributed by atoms with E-state index >= 15 is 0 Å². The van der Waals surface area contributed by atoms with Crippen molar-refractivity contribution in [2.45, 2.75) is 6.42 Å². The smallest absolute Gasteiger partial charge is 0.299 e. The Morgan fingerprint density at radius 3 is 2.75 bits per heavy atom. The van der Waals surface area contributed by atoms with Gasteiger partial charge in [0.05, 0.1) is 24.5 Å². The van der Waals surface area contributed by atoms with Gasteiger partial charge in [-0.1, -0.05) is 6.07 Å². The van der Waals surface area contributed by atoms with Crippen LogP contribution in [0.4, 0.5) is 5.69 Å². The van der Waals surface area contributed by atoms with Crippen LogP contribution in [0.1, 0.15) is 16.8 Å². The van der Waals surface area contributed by atoms with Gasteiger partial charge >= 0.3 is 0 Å². The fraction of sp³-hybridized carbons (Fsp3) is 0.429. The van der Waals surface area contributed by atoms with Crippen molar-refractivity contribution < 1.29 is 19.1 Å². The standard InChI is InChI=1S/C14H16BrNO4/c1-19-8-9-20-7-3-6-16-12-10(13(17)14(16)18)4-2-5-11(12)15/h2,4-5H,3,6-9H2,1H3. The van der Waals surface area contributed by atoms with E-state index in [0.29, 0.717) is 44.0 Å². The molecule has 0 N–H and O–H groups in total. The third kappa shape index (κ3) is 3.08. The van der Waals surface area contributed by atoms with Crippen LogP contribution in [-0.4, -0.2) is 45.2 Å². The number of carbonyl (C=O) groups is 2. The van der Waals surface area contributed by atoms with Gasteiger partial charge in [0.1, 0.15) is 0 Å². The Hall–Kier alpha value is -1.24. The molecule has 0 spiro atoms. The maximum Gasteiger partial charge on any atom is 0.299 e. The van der Waals surface area contributed by atoms with Crippen LogP contribution >= 0.6 is 15.9 Å². The number of ether oxygens (including phenoxy) is 2. The number of carbonyl (C=O) groups excluding carboxylic acids is 2. The molecule has 6 heteroatoms. The van der Waals surface area contributed by atoms with Crippen molar-refractivity contribution in [1.29, 1.82) is 0 Å². The van der Waals surface area contributed by atoms with E-state index in [1.807, 2.05) is 6.07 Å². The molecule has 0 atom stereocenters. The average Bonchev–Trinajstić information content (AvgIpc) is 2.69. The first-order chi connectivity index (χ1) is 9.66. The Morgan fingerprint density at radius 2 is 2.00 bits per heavy atom. The van der Waals surface area contributed by atoms with Crippen molar-refractivity contribution in [2.75, 3.05) is 38.4 Å². The molecule has 1 aromatic carbocycles. The number of halogens is 1. The number of benzene rings is 1. The zero-order valence-electron chi connectivity index (χ0n) is 11.2. The Kier molecular flexibility index (Phi) is 5.28. The van der Waals surface area contributed by atoms with Crippen molar-refractivity contribution >= 4 is 33.3 Å². The molecule has 0 unspecified atom stereocenters.